The van der Waals surface area contributed by atoms with Gasteiger partial charge in [-0.3, -0.25) is 9.59 Å². The Morgan fingerprint density at radius 2 is 1.87 bits per heavy atom. The largest absolute Gasteiger partial charge is 0.378 e. The van der Waals surface area contributed by atoms with Crippen molar-refractivity contribution in [2.75, 3.05) is 31.6 Å². The van der Waals surface area contributed by atoms with Gasteiger partial charge in [0.2, 0.25) is 5.82 Å². The summed E-state index contributed by atoms with van der Waals surface area (Å²) in [5.74, 6) is -0.0203. The van der Waals surface area contributed by atoms with Gasteiger partial charge in [0.15, 0.2) is 0 Å². The molecule has 1 aromatic heterocycles. The number of rotatable bonds is 4. The van der Waals surface area contributed by atoms with Crippen LogP contribution >= 0.6 is 11.6 Å². The minimum Gasteiger partial charge on any atom is -0.378 e. The fourth-order valence-corrected chi connectivity index (χ4v) is 3.42. The molecular formula is C21H20ClN5O3. The van der Waals surface area contributed by atoms with Gasteiger partial charge in [-0.15, -0.1) is 5.10 Å². The fraction of sp³-hybridized carbons (Fsp3) is 0.238. The lowest BCUT2D eigenvalue weighted by Gasteiger charge is -2.27. The molecule has 2 aromatic carbocycles. The molecule has 4 rings (SSSR count). The summed E-state index contributed by atoms with van der Waals surface area (Å²) in [5.41, 5.74) is 1.63. The minimum atomic E-state index is -0.472. The summed E-state index contributed by atoms with van der Waals surface area (Å²) in [6, 6.07) is 14.0. The Morgan fingerprint density at radius 1 is 1.10 bits per heavy atom. The molecule has 1 aliphatic rings. The lowest BCUT2D eigenvalue weighted by atomic mass is 10.1. The third-order valence-electron chi connectivity index (χ3n) is 4.72. The number of halogens is 1. The number of ether oxygens (including phenoxy) is 1. The first-order valence-corrected chi connectivity index (χ1v) is 9.88. The van der Waals surface area contributed by atoms with Gasteiger partial charge < -0.3 is 15.0 Å². The molecule has 154 valence electrons. The number of morpholine rings is 1. The summed E-state index contributed by atoms with van der Waals surface area (Å²) in [5, 5.41) is 7.55. The Labute approximate surface area is 178 Å². The van der Waals surface area contributed by atoms with Crippen LogP contribution in [0.4, 0.5) is 5.69 Å². The summed E-state index contributed by atoms with van der Waals surface area (Å²) in [4.78, 5) is 31.3. The van der Waals surface area contributed by atoms with Crippen LogP contribution in [0.2, 0.25) is 5.02 Å². The second-order valence-electron chi connectivity index (χ2n) is 6.79. The normalized spacial score (nSPS) is 13.9. The molecule has 0 aliphatic carbocycles. The Kier molecular flexibility index (Phi) is 5.78. The van der Waals surface area contributed by atoms with Crippen molar-refractivity contribution in [3.8, 4) is 5.69 Å². The predicted molar refractivity (Wildman–Crippen MR) is 112 cm³/mol. The molecule has 3 aromatic rings. The van der Waals surface area contributed by atoms with Gasteiger partial charge in [-0.25, -0.2) is 9.67 Å². The molecule has 30 heavy (non-hydrogen) atoms. The molecule has 1 N–H and O–H groups in total. The number of aryl methyl sites for hydroxylation is 1. The van der Waals surface area contributed by atoms with Crippen LogP contribution in [0.25, 0.3) is 5.69 Å². The van der Waals surface area contributed by atoms with E-state index in [0.29, 0.717) is 54.1 Å². The van der Waals surface area contributed by atoms with Gasteiger partial charge in [-0.1, -0.05) is 29.8 Å². The molecule has 0 unspecified atom stereocenters. The number of hydrogen-bond acceptors (Lipinski definition) is 5. The summed E-state index contributed by atoms with van der Waals surface area (Å²) in [6.07, 6.45) is 0. The third-order valence-corrected chi connectivity index (χ3v) is 5.04. The van der Waals surface area contributed by atoms with E-state index in [2.05, 4.69) is 15.4 Å². The third kappa shape index (κ3) is 4.19. The maximum Gasteiger partial charge on any atom is 0.295 e. The number of aromatic nitrogens is 3. The summed E-state index contributed by atoms with van der Waals surface area (Å²) in [6.45, 7) is 3.91. The van der Waals surface area contributed by atoms with Gasteiger partial charge in [-0.05, 0) is 37.3 Å². The van der Waals surface area contributed by atoms with Gasteiger partial charge in [0.05, 0.1) is 23.9 Å². The molecule has 0 saturated carbocycles. The van der Waals surface area contributed by atoms with Crippen molar-refractivity contribution in [1.82, 2.24) is 19.7 Å². The summed E-state index contributed by atoms with van der Waals surface area (Å²) in [7, 11) is 0. The standard InChI is InChI=1S/C21H20ClN5O3/c1-14-23-19(25-27(14)18-8-3-2-7-17(18)22)20(28)24-16-6-4-5-15(13-16)21(29)26-9-11-30-12-10-26/h2-8,13H,9-12H2,1H3,(H,24,28). The molecular weight excluding hydrogens is 406 g/mol. The number of amides is 2. The van der Waals surface area contributed by atoms with E-state index in [0.717, 1.165) is 0 Å². The SMILES string of the molecule is Cc1nc(C(=O)Nc2cccc(C(=O)N3CCOCC3)c2)nn1-c1ccccc1Cl. The van der Waals surface area contributed by atoms with E-state index < -0.39 is 5.91 Å². The van der Waals surface area contributed by atoms with Gasteiger partial charge >= 0.3 is 0 Å². The van der Waals surface area contributed by atoms with Crippen molar-refractivity contribution >= 4 is 29.1 Å². The van der Waals surface area contributed by atoms with E-state index in [9.17, 15) is 9.59 Å². The Balaban J connectivity index is 1.51. The van der Waals surface area contributed by atoms with E-state index in [1.807, 2.05) is 12.1 Å². The lowest BCUT2D eigenvalue weighted by Crippen LogP contribution is -2.40. The van der Waals surface area contributed by atoms with Crippen LogP contribution in [-0.2, 0) is 4.74 Å². The van der Waals surface area contributed by atoms with E-state index in [1.54, 1.807) is 48.2 Å². The average Bonchev–Trinajstić information content (AvgIpc) is 3.16. The molecule has 0 atom stereocenters. The first kappa shape index (κ1) is 20.1. The zero-order valence-corrected chi connectivity index (χ0v) is 17.1. The highest BCUT2D eigenvalue weighted by Crippen LogP contribution is 2.20. The molecule has 1 aliphatic heterocycles. The molecule has 0 radical (unpaired) electrons. The summed E-state index contributed by atoms with van der Waals surface area (Å²) >= 11 is 6.23. The van der Waals surface area contributed by atoms with Crippen molar-refractivity contribution in [1.29, 1.82) is 0 Å². The van der Waals surface area contributed by atoms with Crippen LogP contribution in [0, 0.1) is 6.92 Å². The van der Waals surface area contributed by atoms with E-state index in [1.165, 1.54) is 4.68 Å². The highest BCUT2D eigenvalue weighted by atomic mass is 35.5. The second kappa shape index (κ2) is 8.64. The molecule has 2 heterocycles. The number of hydrogen-bond donors (Lipinski definition) is 1. The maximum atomic E-state index is 12.7. The molecule has 1 fully saturated rings. The first-order chi connectivity index (χ1) is 14.5. The number of benzene rings is 2. The van der Waals surface area contributed by atoms with E-state index in [4.69, 9.17) is 16.3 Å². The van der Waals surface area contributed by atoms with Crippen LogP contribution in [0.15, 0.2) is 48.5 Å². The van der Waals surface area contributed by atoms with E-state index in [-0.39, 0.29) is 11.7 Å². The monoisotopic (exact) mass is 425 g/mol. The molecule has 0 spiro atoms. The average molecular weight is 426 g/mol. The molecule has 8 nitrogen and oxygen atoms in total. The molecule has 0 bridgehead atoms. The number of nitrogens with one attached hydrogen (secondary N) is 1. The zero-order valence-electron chi connectivity index (χ0n) is 16.3. The van der Waals surface area contributed by atoms with Crippen molar-refractivity contribution in [2.24, 2.45) is 0 Å². The van der Waals surface area contributed by atoms with Crippen molar-refractivity contribution < 1.29 is 14.3 Å². The van der Waals surface area contributed by atoms with Crippen molar-refractivity contribution in [3.63, 3.8) is 0 Å². The van der Waals surface area contributed by atoms with Crippen molar-refractivity contribution in [3.05, 3.63) is 70.8 Å². The highest BCUT2D eigenvalue weighted by molar-refractivity contribution is 6.32. The maximum absolute atomic E-state index is 12.7. The number of anilines is 1. The van der Waals surface area contributed by atoms with Crippen LogP contribution in [-0.4, -0.2) is 57.8 Å². The molecule has 2 amide bonds. The Bertz CT molecular complexity index is 1090. The van der Waals surface area contributed by atoms with Crippen molar-refractivity contribution in [2.45, 2.75) is 6.92 Å². The first-order valence-electron chi connectivity index (χ1n) is 9.50. The molecule has 1 saturated heterocycles. The minimum absolute atomic E-state index is 0.0114. The van der Waals surface area contributed by atoms with Crippen LogP contribution in [0.5, 0.6) is 0 Å². The van der Waals surface area contributed by atoms with Gasteiger partial charge in [-0.2, -0.15) is 0 Å². The Morgan fingerprint density at radius 3 is 2.63 bits per heavy atom. The van der Waals surface area contributed by atoms with Crippen LogP contribution < -0.4 is 5.32 Å². The lowest BCUT2D eigenvalue weighted by molar-refractivity contribution is 0.0303. The molecule has 9 heteroatoms. The number of carbonyl (C=O) groups is 2. The van der Waals surface area contributed by atoms with Crippen LogP contribution in [0.1, 0.15) is 26.8 Å². The van der Waals surface area contributed by atoms with Crippen LogP contribution in [0.3, 0.4) is 0 Å². The summed E-state index contributed by atoms with van der Waals surface area (Å²) < 4.78 is 6.81. The number of nitrogens with zero attached hydrogens (tertiary/aromatic N) is 4. The topological polar surface area (TPSA) is 89.3 Å². The fourth-order valence-electron chi connectivity index (χ4n) is 3.20. The number of carbonyl (C=O) groups excluding carboxylic acids is 2. The van der Waals surface area contributed by atoms with Gasteiger partial charge in [0.25, 0.3) is 11.8 Å². The van der Waals surface area contributed by atoms with E-state index >= 15 is 0 Å². The Hall–Kier alpha value is -3.23. The van der Waals surface area contributed by atoms with Gasteiger partial charge in [0.1, 0.15) is 5.82 Å². The predicted octanol–water partition coefficient (Wildman–Crippen LogP) is 2.95. The zero-order chi connectivity index (χ0) is 21.1. The second-order valence-corrected chi connectivity index (χ2v) is 7.19. The quantitative estimate of drug-likeness (QED) is 0.694. The van der Waals surface area contributed by atoms with Gasteiger partial charge in [0, 0.05) is 24.3 Å². The highest BCUT2D eigenvalue weighted by Gasteiger charge is 2.20. The smallest absolute Gasteiger partial charge is 0.295 e. The number of para-hydroxylation sites is 1.